The normalized spacial score (nSPS) is 21.9. The lowest BCUT2D eigenvalue weighted by Crippen LogP contribution is -2.39. The highest BCUT2D eigenvalue weighted by Gasteiger charge is 2.18. The van der Waals surface area contributed by atoms with E-state index in [-0.39, 0.29) is 0 Å². The molecule has 16 heavy (non-hydrogen) atoms. The van der Waals surface area contributed by atoms with E-state index in [0.29, 0.717) is 12.1 Å². The molecule has 1 fully saturated rings. The maximum Gasteiger partial charge on any atom is 0.0468 e. The highest BCUT2D eigenvalue weighted by atomic mass is 32.2. The van der Waals surface area contributed by atoms with Gasteiger partial charge in [0.05, 0.1) is 0 Å². The van der Waals surface area contributed by atoms with Crippen molar-refractivity contribution in [3.05, 3.63) is 0 Å². The Balaban J connectivity index is 2.19. The van der Waals surface area contributed by atoms with Gasteiger partial charge in [0.25, 0.3) is 0 Å². The fourth-order valence-electron chi connectivity index (χ4n) is 2.44. The van der Waals surface area contributed by atoms with Crippen LogP contribution in [-0.2, 0) is 4.74 Å². The van der Waals surface area contributed by atoms with E-state index < -0.39 is 0 Å². The van der Waals surface area contributed by atoms with Gasteiger partial charge in [0.15, 0.2) is 0 Å². The average Bonchev–Trinajstić information content (AvgIpc) is 2.29. The maximum absolute atomic E-state index is 5.40. The van der Waals surface area contributed by atoms with Crippen LogP contribution in [0.5, 0.6) is 0 Å². The van der Waals surface area contributed by atoms with Crippen molar-refractivity contribution in [1.29, 1.82) is 0 Å². The lowest BCUT2D eigenvalue weighted by atomic mass is 9.93. The SMILES string of the molecule is CCC(CSC)NC(C)CC1CCOCC1. The van der Waals surface area contributed by atoms with Crippen molar-refractivity contribution >= 4 is 11.8 Å². The summed E-state index contributed by atoms with van der Waals surface area (Å²) in [5, 5.41) is 3.75. The molecule has 2 atom stereocenters. The molecule has 1 aliphatic heterocycles. The minimum Gasteiger partial charge on any atom is -0.381 e. The summed E-state index contributed by atoms with van der Waals surface area (Å²) in [6.07, 6.45) is 7.25. The Labute approximate surface area is 105 Å². The van der Waals surface area contributed by atoms with Gasteiger partial charge in [-0.1, -0.05) is 6.92 Å². The molecule has 0 aromatic heterocycles. The predicted octanol–water partition coefficient (Wildman–Crippen LogP) is 2.92. The van der Waals surface area contributed by atoms with E-state index in [1.54, 1.807) is 0 Å². The zero-order valence-electron chi connectivity index (χ0n) is 11.0. The van der Waals surface area contributed by atoms with Crippen molar-refractivity contribution in [1.82, 2.24) is 5.32 Å². The summed E-state index contributed by atoms with van der Waals surface area (Å²) in [5.41, 5.74) is 0. The van der Waals surface area contributed by atoms with E-state index in [2.05, 4.69) is 25.4 Å². The topological polar surface area (TPSA) is 21.3 Å². The first kappa shape index (κ1) is 14.3. The van der Waals surface area contributed by atoms with Crippen LogP contribution in [-0.4, -0.2) is 37.3 Å². The van der Waals surface area contributed by atoms with Crippen LogP contribution in [0.25, 0.3) is 0 Å². The number of hydrogen-bond donors (Lipinski definition) is 1. The fourth-order valence-corrected chi connectivity index (χ4v) is 3.17. The molecule has 0 aliphatic carbocycles. The third kappa shape index (κ3) is 5.55. The Kier molecular flexibility index (Phi) is 7.50. The molecule has 0 radical (unpaired) electrons. The van der Waals surface area contributed by atoms with E-state index >= 15 is 0 Å². The molecule has 1 heterocycles. The molecule has 0 amide bonds. The Hall–Kier alpha value is 0.270. The van der Waals surface area contributed by atoms with Gasteiger partial charge in [-0.15, -0.1) is 0 Å². The molecule has 0 spiro atoms. The van der Waals surface area contributed by atoms with Crippen molar-refractivity contribution in [3.8, 4) is 0 Å². The van der Waals surface area contributed by atoms with E-state index in [0.717, 1.165) is 19.1 Å². The van der Waals surface area contributed by atoms with E-state index in [1.165, 1.54) is 31.4 Å². The van der Waals surface area contributed by atoms with Crippen LogP contribution in [0.15, 0.2) is 0 Å². The summed E-state index contributed by atoms with van der Waals surface area (Å²) < 4.78 is 5.40. The van der Waals surface area contributed by atoms with Crippen LogP contribution in [0, 0.1) is 5.92 Å². The second kappa shape index (κ2) is 8.37. The second-order valence-corrected chi connectivity index (χ2v) is 5.83. The van der Waals surface area contributed by atoms with Crippen LogP contribution in [0.1, 0.15) is 39.5 Å². The molecule has 2 nitrogen and oxygen atoms in total. The zero-order valence-corrected chi connectivity index (χ0v) is 11.8. The van der Waals surface area contributed by atoms with Gasteiger partial charge in [-0.25, -0.2) is 0 Å². The molecule has 0 bridgehead atoms. The highest BCUT2D eigenvalue weighted by Crippen LogP contribution is 2.20. The average molecular weight is 245 g/mol. The summed E-state index contributed by atoms with van der Waals surface area (Å²) in [5.74, 6) is 2.11. The maximum atomic E-state index is 5.40. The first-order chi connectivity index (χ1) is 7.76. The van der Waals surface area contributed by atoms with Gasteiger partial charge in [0.1, 0.15) is 0 Å². The molecule has 96 valence electrons. The molecule has 1 aliphatic rings. The van der Waals surface area contributed by atoms with E-state index in [9.17, 15) is 0 Å². The number of nitrogens with one attached hydrogen (secondary N) is 1. The van der Waals surface area contributed by atoms with Crippen LogP contribution in [0.2, 0.25) is 0 Å². The predicted molar refractivity (Wildman–Crippen MR) is 73.2 cm³/mol. The third-order valence-corrected chi connectivity index (χ3v) is 4.14. The largest absolute Gasteiger partial charge is 0.381 e. The molecular weight excluding hydrogens is 218 g/mol. The quantitative estimate of drug-likeness (QED) is 0.745. The minimum absolute atomic E-state index is 0.653. The van der Waals surface area contributed by atoms with Crippen molar-refractivity contribution in [2.24, 2.45) is 5.92 Å². The van der Waals surface area contributed by atoms with Gasteiger partial charge in [-0.2, -0.15) is 11.8 Å². The third-order valence-electron chi connectivity index (χ3n) is 3.41. The molecule has 2 unspecified atom stereocenters. The number of thioether (sulfide) groups is 1. The first-order valence-corrected chi connectivity index (χ1v) is 7.98. The summed E-state index contributed by atoms with van der Waals surface area (Å²) in [6, 6.07) is 1.34. The Morgan fingerprint density at radius 2 is 2.06 bits per heavy atom. The summed E-state index contributed by atoms with van der Waals surface area (Å²) in [6.45, 7) is 6.55. The number of hydrogen-bond acceptors (Lipinski definition) is 3. The minimum atomic E-state index is 0.653. The van der Waals surface area contributed by atoms with Gasteiger partial charge in [-0.05, 0) is 44.8 Å². The second-order valence-electron chi connectivity index (χ2n) is 4.92. The smallest absolute Gasteiger partial charge is 0.0468 e. The van der Waals surface area contributed by atoms with Gasteiger partial charge >= 0.3 is 0 Å². The van der Waals surface area contributed by atoms with Gasteiger partial charge < -0.3 is 10.1 Å². The Morgan fingerprint density at radius 3 is 2.62 bits per heavy atom. The van der Waals surface area contributed by atoms with E-state index in [1.807, 2.05) is 11.8 Å². The summed E-state index contributed by atoms with van der Waals surface area (Å²) in [7, 11) is 0. The van der Waals surface area contributed by atoms with Crippen molar-refractivity contribution < 1.29 is 4.74 Å². The van der Waals surface area contributed by atoms with Crippen LogP contribution in [0.4, 0.5) is 0 Å². The Morgan fingerprint density at radius 1 is 1.38 bits per heavy atom. The lowest BCUT2D eigenvalue weighted by molar-refractivity contribution is 0.0608. The monoisotopic (exact) mass is 245 g/mol. The summed E-state index contributed by atoms with van der Waals surface area (Å²) >= 11 is 1.94. The molecule has 1 saturated heterocycles. The van der Waals surface area contributed by atoms with Crippen LogP contribution >= 0.6 is 11.8 Å². The van der Waals surface area contributed by atoms with Gasteiger partial charge in [-0.3, -0.25) is 0 Å². The Bertz CT molecular complexity index is 165. The van der Waals surface area contributed by atoms with Crippen molar-refractivity contribution in [2.75, 3.05) is 25.2 Å². The standard InChI is InChI=1S/C13H27NOS/c1-4-13(10-16-3)14-11(2)9-12-5-7-15-8-6-12/h11-14H,4-10H2,1-3H3. The molecule has 1 rings (SSSR count). The summed E-state index contributed by atoms with van der Waals surface area (Å²) in [4.78, 5) is 0. The van der Waals surface area contributed by atoms with Crippen molar-refractivity contribution in [3.63, 3.8) is 0 Å². The van der Waals surface area contributed by atoms with Gasteiger partial charge in [0.2, 0.25) is 0 Å². The van der Waals surface area contributed by atoms with Crippen molar-refractivity contribution in [2.45, 2.75) is 51.6 Å². The molecule has 0 aromatic rings. The van der Waals surface area contributed by atoms with Crippen LogP contribution in [0.3, 0.4) is 0 Å². The zero-order chi connectivity index (χ0) is 11.8. The highest BCUT2D eigenvalue weighted by molar-refractivity contribution is 7.98. The molecule has 1 N–H and O–H groups in total. The number of rotatable bonds is 7. The fraction of sp³-hybridized carbons (Fsp3) is 1.00. The molecule has 0 aromatic carbocycles. The van der Waals surface area contributed by atoms with Gasteiger partial charge in [0, 0.05) is 31.1 Å². The molecular formula is C13H27NOS. The lowest BCUT2D eigenvalue weighted by Gasteiger charge is -2.28. The van der Waals surface area contributed by atoms with Crippen LogP contribution < -0.4 is 5.32 Å². The molecule has 0 saturated carbocycles. The van der Waals surface area contributed by atoms with E-state index in [4.69, 9.17) is 4.74 Å². The number of ether oxygens (including phenoxy) is 1. The molecule has 3 heteroatoms. The first-order valence-electron chi connectivity index (χ1n) is 6.59.